The topological polar surface area (TPSA) is 80.5 Å². The Kier molecular flexibility index (Phi) is 6.74. The van der Waals surface area contributed by atoms with E-state index >= 15 is 0 Å². The molecule has 0 fully saturated rings. The number of ether oxygens (including phenoxy) is 1. The summed E-state index contributed by atoms with van der Waals surface area (Å²) in [5.74, 6) is -0.220. The maximum absolute atomic E-state index is 11.6. The second kappa shape index (κ2) is 8.06. The second-order valence-electron chi connectivity index (χ2n) is 4.97. The van der Waals surface area contributed by atoms with Crippen LogP contribution in [0.3, 0.4) is 0 Å². The van der Waals surface area contributed by atoms with Gasteiger partial charge in [-0.2, -0.15) is 4.37 Å². The molecule has 0 amide bonds. The van der Waals surface area contributed by atoms with Crippen molar-refractivity contribution in [2.75, 3.05) is 38.3 Å². The number of anilines is 2. The first kappa shape index (κ1) is 16.7. The third-order valence-electron chi connectivity index (χ3n) is 3.21. The number of carbonyl (C=O) groups is 1. The average Bonchev–Trinajstić information content (AvgIpc) is 2.78. The number of nitrogen functional groups attached to an aromatic ring is 1. The molecule has 0 spiro atoms. The van der Waals surface area contributed by atoms with Crippen molar-refractivity contribution < 1.29 is 9.53 Å². The van der Waals surface area contributed by atoms with Crippen molar-refractivity contribution >= 4 is 28.3 Å². The van der Waals surface area contributed by atoms with Gasteiger partial charge in [-0.3, -0.25) is 0 Å². The molecule has 7 heteroatoms. The van der Waals surface area contributed by atoms with Crippen LogP contribution in [0.15, 0.2) is 0 Å². The lowest BCUT2D eigenvalue weighted by atomic mass is 10.2. The minimum absolute atomic E-state index is 0.226. The van der Waals surface area contributed by atoms with Crippen molar-refractivity contribution in [2.45, 2.75) is 32.7 Å². The van der Waals surface area contributed by atoms with Crippen LogP contribution in [0, 0.1) is 0 Å². The monoisotopic (exact) mass is 300 g/mol. The summed E-state index contributed by atoms with van der Waals surface area (Å²) in [6.07, 6.45) is 2.12. The fraction of sp³-hybridized carbons (Fsp3) is 0.692. The maximum Gasteiger partial charge on any atom is 0.344 e. The normalized spacial score (nSPS) is 11.1. The number of nitrogens with two attached hydrogens (primary N) is 1. The van der Waals surface area contributed by atoms with Gasteiger partial charge in [0.1, 0.15) is 10.6 Å². The van der Waals surface area contributed by atoms with E-state index < -0.39 is 5.97 Å². The van der Waals surface area contributed by atoms with Crippen LogP contribution in [0.5, 0.6) is 0 Å². The molecule has 0 aliphatic carbocycles. The van der Waals surface area contributed by atoms with Gasteiger partial charge in [-0.15, -0.1) is 0 Å². The lowest BCUT2D eigenvalue weighted by Crippen LogP contribution is -2.27. The van der Waals surface area contributed by atoms with Crippen LogP contribution in [0.25, 0.3) is 0 Å². The molecule has 20 heavy (non-hydrogen) atoms. The molecule has 114 valence electrons. The molecule has 0 saturated heterocycles. The number of unbranched alkanes of at least 4 members (excludes halogenated alkanes) is 1. The Morgan fingerprint density at radius 3 is 2.80 bits per heavy atom. The molecule has 0 aromatic carbocycles. The molecule has 1 aromatic heterocycles. The van der Waals surface area contributed by atoms with E-state index in [1.807, 2.05) is 0 Å². The molecule has 1 heterocycles. The summed E-state index contributed by atoms with van der Waals surface area (Å²) in [4.78, 5) is 13.9. The zero-order chi connectivity index (χ0) is 15.1. The van der Waals surface area contributed by atoms with E-state index in [4.69, 9.17) is 10.5 Å². The lowest BCUT2D eigenvalue weighted by Gasteiger charge is -2.20. The third kappa shape index (κ3) is 4.64. The molecule has 0 saturated carbocycles. The molecule has 0 bridgehead atoms. The first-order valence-corrected chi connectivity index (χ1v) is 7.52. The van der Waals surface area contributed by atoms with E-state index in [-0.39, 0.29) is 5.82 Å². The predicted molar refractivity (Wildman–Crippen MR) is 83.4 cm³/mol. The number of methoxy groups -OCH3 is 1. The van der Waals surface area contributed by atoms with Gasteiger partial charge in [-0.1, -0.05) is 0 Å². The van der Waals surface area contributed by atoms with Crippen molar-refractivity contribution in [1.82, 2.24) is 9.27 Å². The Labute approximate surface area is 124 Å². The van der Waals surface area contributed by atoms with Crippen LogP contribution in [0.4, 0.5) is 10.8 Å². The Bertz CT molecular complexity index is 434. The zero-order valence-corrected chi connectivity index (χ0v) is 13.4. The van der Waals surface area contributed by atoms with Crippen molar-refractivity contribution in [3.8, 4) is 0 Å². The fourth-order valence-electron chi connectivity index (χ4n) is 1.67. The second-order valence-corrected chi connectivity index (χ2v) is 5.75. The molecule has 0 aliphatic heterocycles. The summed E-state index contributed by atoms with van der Waals surface area (Å²) in [5.41, 5.74) is 6.02. The third-order valence-corrected chi connectivity index (χ3v) is 4.03. The van der Waals surface area contributed by atoms with Gasteiger partial charge in [-0.25, -0.2) is 4.79 Å². The number of carbonyl (C=O) groups excluding carboxylic acids is 1. The highest BCUT2D eigenvalue weighted by molar-refractivity contribution is 7.11. The van der Waals surface area contributed by atoms with Crippen molar-refractivity contribution in [3.63, 3.8) is 0 Å². The molecule has 0 aliphatic rings. The summed E-state index contributed by atoms with van der Waals surface area (Å²) >= 11 is 1.19. The van der Waals surface area contributed by atoms with E-state index in [2.05, 4.69) is 35.5 Å². The Morgan fingerprint density at radius 1 is 1.50 bits per heavy atom. The van der Waals surface area contributed by atoms with Gasteiger partial charge in [0.15, 0.2) is 5.82 Å². The molecule has 1 rings (SSSR count). The summed E-state index contributed by atoms with van der Waals surface area (Å²) < 4.78 is 8.69. The summed E-state index contributed by atoms with van der Waals surface area (Å²) in [6.45, 7) is 6.22. The highest BCUT2D eigenvalue weighted by Crippen LogP contribution is 2.27. The number of hydrogen-bond donors (Lipinski definition) is 2. The highest BCUT2D eigenvalue weighted by Gasteiger charge is 2.19. The smallest absolute Gasteiger partial charge is 0.344 e. The van der Waals surface area contributed by atoms with Crippen LogP contribution >= 0.6 is 11.5 Å². The number of aromatic nitrogens is 1. The molecular weight excluding hydrogens is 276 g/mol. The molecule has 0 unspecified atom stereocenters. The maximum atomic E-state index is 11.6. The average molecular weight is 300 g/mol. The van der Waals surface area contributed by atoms with Crippen molar-refractivity contribution in [3.05, 3.63) is 5.56 Å². The minimum atomic E-state index is -0.446. The van der Waals surface area contributed by atoms with Gasteiger partial charge in [0, 0.05) is 12.6 Å². The van der Waals surface area contributed by atoms with Gasteiger partial charge in [0.2, 0.25) is 0 Å². The predicted octanol–water partition coefficient (Wildman–Crippen LogP) is 2.04. The molecule has 6 nitrogen and oxygen atoms in total. The summed E-state index contributed by atoms with van der Waals surface area (Å²) in [5, 5.41) is 3.90. The van der Waals surface area contributed by atoms with Crippen LogP contribution in [0.1, 0.15) is 37.0 Å². The number of esters is 1. The molecule has 0 radical (unpaired) electrons. The molecule has 0 atom stereocenters. The zero-order valence-electron chi connectivity index (χ0n) is 12.6. The Hall–Kier alpha value is -1.34. The first-order chi connectivity index (χ1) is 9.47. The minimum Gasteiger partial charge on any atom is -0.465 e. The van der Waals surface area contributed by atoms with Gasteiger partial charge < -0.3 is 20.7 Å². The van der Waals surface area contributed by atoms with E-state index in [1.165, 1.54) is 18.6 Å². The Morgan fingerprint density at radius 2 is 2.20 bits per heavy atom. The van der Waals surface area contributed by atoms with E-state index in [0.29, 0.717) is 16.6 Å². The quantitative estimate of drug-likeness (QED) is 0.565. The van der Waals surface area contributed by atoms with Crippen LogP contribution in [0.2, 0.25) is 0 Å². The summed E-state index contributed by atoms with van der Waals surface area (Å²) in [6, 6.07) is 0.565. The van der Waals surface area contributed by atoms with Crippen molar-refractivity contribution in [2.24, 2.45) is 0 Å². The molecule has 1 aromatic rings. The fourth-order valence-corrected chi connectivity index (χ4v) is 2.40. The van der Waals surface area contributed by atoms with E-state index in [1.54, 1.807) is 0 Å². The highest BCUT2D eigenvalue weighted by atomic mass is 32.1. The largest absolute Gasteiger partial charge is 0.465 e. The van der Waals surface area contributed by atoms with Gasteiger partial charge in [0.25, 0.3) is 0 Å². The standard InChI is InChI=1S/C13H24N4O2S/c1-9(2)17(3)8-6-5-7-15-12-10(13(18)19-4)11(14)16-20-12/h9,15H,5-8H2,1-4H3,(H2,14,16). The number of nitrogens with zero attached hydrogens (tertiary/aromatic N) is 2. The van der Waals surface area contributed by atoms with Crippen molar-refractivity contribution in [1.29, 1.82) is 0 Å². The molecular formula is C13H24N4O2S. The number of nitrogens with one attached hydrogen (secondary N) is 1. The molecule has 3 N–H and O–H groups in total. The van der Waals surface area contributed by atoms with Gasteiger partial charge in [0.05, 0.1) is 7.11 Å². The Balaban J connectivity index is 2.38. The SMILES string of the molecule is COC(=O)c1c(N)nsc1NCCCCN(C)C(C)C. The van der Waals surface area contributed by atoms with Gasteiger partial charge in [-0.05, 0) is 51.8 Å². The van der Waals surface area contributed by atoms with Gasteiger partial charge >= 0.3 is 5.97 Å². The lowest BCUT2D eigenvalue weighted by molar-refractivity contribution is 0.0603. The number of rotatable bonds is 8. The van der Waals surface area contributed by atoms with E-state index in [0.717, 1.165) is 25.9 Å². The van der Waals surface area contributed by atoms with E-state index in [9.17, 15) is 4.79 Å². The van der Waals surface area contributed by atoms with Crippen LogP contribution < -0.4 is 11.1 Å². The first-order valence-electron chi connectivity index (χ1n) is 6.75. The number of hydrogen-bond acceptors (Lipinski definition) is 7. The van der Waals surface area contributed by atoms with Crippen LogP contribution in [-0.2, 0) is 4.74 Å². The summed E-state index contributed by atoms with van der Waals surface area (Å²) in [7, 11) is 3.46. The van der Waals surface area contributed by atoms with Crippen LogP contribution in [-0.4, -0.2) is 48.5 Å².